The summed E-state index contributed by atoms with van der Waals surface area (Å²) in [6.07, 6.45) is 0.999. The number of aliphatic hydroxyl groups is 1. The van der Waals surface area contributed by atoms with E-state index < -0.39 is 8.32 Å². The molecule has 3 aromatic rings. The molecule has 0 aliphatic heterocycles. The van der Waals surface area contributed by atoms with Gasteiger partial charge in [0, 0.05) is 6.42 Å². The van der Waals surface area contributed by atoms with Crippen LogP contribution in [-0.2, 0) is 10.8 Å². The second-order valence-corrected chi connectivity index (χ2v) is 14.2. The van der Waals surface area contributed by atoms with Crippen LogP contribution in [0.3, 0.4) is 0 Å². The monoisotopic (exact) mass is 430 g/mol. The third-order valence-electron chi connectivity index (χ3n) is 6.79. The molecule has 162 valence electrons. The lowest BCUT2D eigenvalue weighted by molar-refractivity contribution is 0.0614. The second kappa shape index (κ2) is 8.74. The predicted molar refractivity (Wildman–Crippen MR) is 131 cm³/mol. The fourth-order valence-electron chi connectivity index (χ4n) is 5.11. The average Bonchev–Trinajstić information content (AvgIpc) is 2.88. The zero-order valence-corrected chi connectivity index (χ0v) is 20.1. The van der Waals surface area contributed by atoms with Crippen molar-refractivity contribution in [3.8, 4) is 0 Å². The normalized spacial score (nSPS) is 21.9. The first-order chi connectivity index (χ1) is 14.8. The van der Waals surface area contributed by atoms with Crippen molar-refractivity contribution in [2.24, 2.45) is 5.92 Å². The molecule has 3 unspecified atom stereocenters. The van der Waals surface area contributed by atoms with Crippen molar-refractivity contribution >= 4 is 18.7 Å². The summed E-state index contributed by atoms with van der Waals surface area (Å²) in [4.78, 5) is 0. The third kappa shape index (κ3) is 4.15. The van der Waals surface area contributed by atoms with E-state index in [1.165, 1.54) is 21.5 Å². The van der Waals surface area contributed by atoms with Crippen molar-refractivity contribution in [3.05, 3.63) is 96.1 Å². The van der Waals surface area contributed by atoms with Crippen molar-refractivity contribution in [1.29, 1.82) is 0 Å². The molecule has 1 N–H and O–H groups in total. The lowest BCUT2D eigenvalue weighted by atomic mass is 9.97. The van der Waals surface area contributed by atoms with E-state index in [-0.39, 0.29) is 23.2 Å². The van der Waals surface area contributed by atoms with Crippen LogP contribution in [0.25, 0.3) is 0 Å². The second-order valence-electron chi connectivity index (χ2n) is 9.95. The summed E-state index contributed by atoms with van der Waals surface area (Å²) in [5, 5.41) is 13.4. The zero-order valence-electron chi connectivity index (χ0n) is 19.1. The van der Waals surface area contributed by atoms with Gasteiger partial charge in [-0.15, -0.1) is 0 Å². The maximum absolute atomic E-state index is 11.0. The molecular formula is C28H34O2Si. The molecule has 1 aliphatic rings. The Labute approximate surface area is 188 Å². The molecule has 1 aliphatic carbocycles. The molecule has 0 radical (unpaired) electrons. The van der Waals surface area contributed by atoms with Gasteiger partial charge in [0.1, 0.15) is 0 Å². The Balaban J connectivity index is 1.91. The topological polar surface area (TPSA) is 29.5 Å². The molecule has 0 spiro atoms. The molecule has 31 heavy (non-hydrogen) atoms. The summed E-state index contributed by atoms with van der Waals surface area (Å²) in [6, 6.07) is 30.1. The van der Waals surface area contributed by atoms with Crippen LogP contribution in [0.15, 0.2) is 84.9 Å². The van der Waals surface area contributed by atoms with Gasteiger partial charge in [0.15, 0.2) is 0 Å². The van der Waals surface area contributed by atoms with Gasteiger partial charge in [0.25, 0.3) is 8.32 Å². The molecule has 0 saturated heterocycles. The summed E-state index contributed by atoms with van der Waals surface area (Å²) in [5.74, 6) is 0.217. The van der Waals surface area contributed by atoms with E-state index in [9.17, 15) is 5.11 Å². The fourth-order valence-corrected chi connectivity index (χ4v) is 9.78. The minimum atomic E-state index is -2.69. The minimum Gasteiger partial charge on any atom is -0.400 e. The maximum Gasteiger partial charge on any atom is 0.261 e. The summed E-state index contributed by atoms with van der Waals surface area (Å²) >= 11 is 0. The fraction of sp³-hybridized carbons (Fsp3) is 0.357. The molecule has 2 nitrogen and oxygen atoms in total. The highest BCUT2D eigenvalue weighted by molar-refractivity contribution is 6.99. The standard InChI is InChI=1S/C28H34O2Si/c1-21-19-22-13-11-12-18-25(22)27(20-26(21)29)30-31(28(2,3)4,23-14-7-5-8-15-23)24-16-9-6-10-17-24/h5-18,21,26-27,29H,19-20H2,1-4H3. The van der Waals surface area contributed by atoms with E-state index >= 15 is 0 Å². The van der Waals surface area contributed by atoms with E-state index in [1.807, 2.05) is 0 Å². The Morgan fingerprint density at radius 2 is 1.32 bits per heavy atom. The van der Waals surface area contributed by atoms with Gasteiger partial charge >= 0.3 is 0 Å². The lowest BCUT2D eigenvalue weighted by Gasteiger charge is -2.45. The first kappa shape index (κ1) is 22.0. The van der Waals surface area contributed by atoms with Crippen LogP contribution in [-0.4, -0.2) is 19.5 Å². The first-order valence-electron chi connectivity index (χ1n) is 11.4. The van der Waals surface area contributed by atoms with E-state index in [0.29, 0.717) is 6.42 Å². The van der Waals surface area contributed by atoms with Crippen LogP contribution in [0.4, 0.5) is 0 Å². The molecule has 0 heterocycles. The Kier molecular flexibility index (Phi) is 6.20. The third-order valence-corrected chi connectivity index (χ3v) is 11.8. The van der Waals surface area contributed by atoms with Crippen molar-refractivity contribution in [3.63, 3.8) is 0 Å². The number of hydrogen-bond acceptors (Lipinski definition) is 2. The molecule has 4 rings (SSSR count). The smallest absolute Gasteiger partial charge is 0.261 e. The molecule has 0 amide bonds. The Hall–Kier alpha value is -2.20. The van der Waals surface area contributed by atoms with Crippen LogP contribution in [0.5, 0.6) is 0 Å². The molecule has 3 atom stereocenters. The Morgan fingerprint density at radius 3 is 1.87 bits per heavy atom. The Bertz CT molecular complexity index is 955. The summed E-state index contributed by atoms with van der Waals surface area (Å²) in [6.45, 7) is 9.06. The van der Waals surface area contributed by atoms with E-state index in [2.05, 4.69) is 113 Å². The summed E-state index contributed by atoms with van der Waals surface area (Å²) in [7, 11) is -2.69. The van der Waals surface area contributed by atoms with E-state index in [4.69, 9.17) is 4.43 Å². The average molecular weight is 431 g/mol. The largest absolute Gasteiger partial charge is 0.400 e. The lowest BCUT2D eigenvalue weighted by Crippen LogP contribution is -2.67. The van der Waals surface area contributed by atoms with Crippen LogP contribution < -0.4 is 10.4 Å². The number of aliphatic hydroxyl groups excluding tert-OH is 1. The molecule has 0 saturated carbocycles. The van der Waals surface area contributed by atoms with Crippen LogP contribution in [0.1, 0.15) is 51.3 Å². The molecule has 3 aromatic carbocycles. The van der Waals surface area contributed by atoms with Gasteiger partial charge < -0.3 is 9.53 Å². The first-order valence-corrected chi connectivity index (χ1v) is 13.3. The molecule has 3 heteroatoms. The minimum absolute atomic E-state index is 0.0898. The molecular weight excluding hydrogens is 396 g/mol. The highest BCUT2D eigenvalue weighted by Gasteiger charge is 2.52. The maximum atomic E-state index is 11.0. The summed E-state index contributed by atoms with van der Waals surface area (Å²) < 4.78 is 7.42. The Morgan fingerprint density at radius 1 is 0.806 bits per heavy atom. The highest BCUT2D eigenvalue weighted by Crippen LogP contribution is 2.43. The van der Waals surface area contributed by atoms with Crippen molar-refractivity contribution in [2.45, 2.75) is 57.8 Å². The molecule has 0 fully saturated rings. The predicted octanol–water partition coefficient (Wildman–Crippen LogP) is 5.25. The van der Waals surface area contributed by atoms with Crippen LogP contribution in [0, 0.1) is 5.92 Å². The number of rotatable bonds is 4. The van der Waals surface area contributed by atoms with Crippen molar-refractivity contribution < 1.29 is 9.53 Å². The SMILES string of the molecule is CC1Cc2ccccc2C(O[Si](c2ccccc2)(c2ccccc2)C(C)(C)C)CC1O. The van der Waals surface area contributed by atoms with E-state index in [0.717, 1.165) is 6.42 Å². The quantitative estimate of drug-likeness (QED) is 0.453. The van der Waals surface area contributed by atoms with Gasteiger partial charge in [-0.1, -0.05) is 113 Å². The van der Waals surface area contributed by atoms with Crippen LogP contribution >= 0.6 is 0 Å². The number of hydrogen-bond donors (Lipinski definition) is 1. The van der Waals surface area contributed by atoms with Gasteiger partial charge in [-0.2, -0.15) is 0 Å². The zero-order chi connectivity index (χ0) is 22.1. The van der Waals surface area contributed by atoms with Crippen molar-refractivity contribution in [1.82, 2.24) is 0 Å². The van der Waals surface area contributed by atoms with Gasteiger partial charge in [-0.05, 0) is 38.9 Å². The molecule has 0 bridgehead atoms. The van der Waals surface area contributed by atoms with E-state index in [1.54, 1.807) is 0 Å². The van der Waals surface area contributed by atoms with Gasteiger partial charge in [-0.3, -0.25) is 0 Å². The van der Waals surface area contributed by atoms with Gasteiger partial charge in [-0.25, -0.2) is 0 Å². The van der Waals surface area contributed by atoms with Crippen molar-refractivity contribution in [2.75, 3.05) is 0 Å². The van der Waals surface area contributed by atoms with Gasteiger partial charge in [0.2, 0.25) is 0 Å². The summed E-state index contributed by atoms with van der Waals surface area (Å²) in [5.41, 5.74) is 2.54. The number of fused-ring (bicyclic) bond motifs is 1. The van der Waals surface area contributed by atoms with Crippen LogP contribution in [0.2, 0.25) is 5.04 Å². The number of benzene rings is 3. The highest BCUT2D eigenvalue weighted by atomic mass is 28.4. The van der Waals surface area contributed by atoms with Gasteiger partial charge in [0.05, 0.1) is 12.2 Å². The molecule has 0 aromatic heterocycles.